The largest absolute Gasteiger partial charge is 0.346 e. The predicted octanol–water partition coefficient (Wildman–Crippen LogP) is 4.26. The number of hydrogen-bond donors (Lipinski definition) is 1. The molecule has 0 aliphatic heterocycles. The molecular weight excluding hydrogens is 208 g/mol. The first-order valence-electron chi connectivity index (χ1n) is 5.93. The first-order chi connectivity index (χ1) is 8.45. The zero-order chi connectivity index (χ0) is 12.1. The van der Waals surface area contributed by atoms with Gasteiger partial charge in [-0.1, -0.05) is 44.2 Å². The number of nitrogens with one attached hydrogen (secondary N) is 1. The maximum atomic E-state index is 4.27. The van der Waals surface area contributed by atoms with Crippen LogP contribution in [0.4, 0.5) is 0 Å². The number of aromatic nitrogens is 2. The van der Waals surface area contributed by atoms with Gasteiger partial charge in [-0.25, -0.2) is 4.98 Å². The van der Waals surface area contributed by atoms with E-state index < -0.39 is 0 Å². The van der Waals surface area contributed by atoms with Crippen LogP contribution in [0.1, 0.15) is 13.8 Å². The number of hydrogen-bond acceptors (Lipinski definition) is 1. The molecular formula is C15H16N2. The molecule has 2 heteroatoms. The molecule has 0 amide bonds. The number of rotatable bonds is 1. The molecule has 0 atom stereocenters. The highest BCUT2D eigenvalue weighted by atomic mass is 14.8. The van der Waals surface area contributed by atoms with E-state index in [1.807, 2.05) is 44.3 Å². The summed E-state index contributed by atoms with van der Waals surface area (Å²) in [6.07, 6.45) is 3.81. The van der Waals surface area contributed by atoms with Gasteiger partial charge in [0, 0.05) is 23.3 Å². The van der Waals surface area contributed by atoms with Crippen molar-refractivity contribution in [1.82, 2.24) is 9.97 Å². The molecule has 0 spiro atoms. The maximum Gasteiger partial charge on any atom is 0.137 e. The molecule has 3 aromatic rings. The van der Waals surface area contributed by atoms with Crippen LogP contribution in [0, 0.1) is 0 Å². The summed E-state index contributed by atoms with van der Waals surface area (Å²) in [5.41, 5.74) is 3.37. The highest BCUT2D eigenvalue weighted by molar-refractivity contribution is 5.93. The minimum Gasteiger partial charge on any atom is -0.346 e. The summed E-state index contributed by atoms with van der Waals surface area (Å²) in [5.74, 6) is 0. The van der Waals surface area contributed by atoms with E-state index in [1.54, 1.807) is 6.20 Å². The van der Waals surface area contributed by atoms with Crippen LogP contribution in [0.3, 0.4) is 0 Å². The van der Waals surface area contributed by atoms with Crippen LogP contribution in [-0.4, -0.2) is 9.97 Å². The van der Waals surface area contributed by atoms with E-state index in [4.69, 9.17) is 0 Å². The standard InChI is InChI=1S/C13H10N2.C2H6/c1-2-5-10(6-3-1)12-9-15-13-11(12)7-4-8-14-13;1-2/h1-9H,(H,14,15);1-2H3. The summed E-state index contributed by atoms with van der Waals surface area (Å²) in [6, 6.07) is 14.4. The fourth-order valence-corrected chi connectivity index (χ4v) is 1.81. The van der Waals surface area contributed by atoms with Gasteiger partial charge in [0.15, 0.2) is 0 Å². The topological polar surface area (TPSA) is 28.7 Å². The Morgan fingerprint density at radius 1 is 0.941 bits per heavy atom. The van der Waals surface area contributed by atoms with Gasteiger partial charge in [0.25, 0.3) is 0 Å². The van der Waals surface area contributed by atoms with E-state index in [0.717, 1.165) is 5.65 Å². The van der Waals surface area contributed by atoms with Crippen LogP contribution >= 0.6 is 0 Å². The highest BCUT2D eigenvalue weighted by Gasteiger charge is 2.04. The van der Waals surface area contributed by atoms with Gasteiger partial charge in [-0.05, 0) is 17.7 Å². The van der Waals surface area contributed by atoms with Gasteiger partial charge in [0.05, 0.1) is 0 Å². The Labute approximate surface area is 101 Å². The van der Waals surface area contributed by atoms with Crippen LogP contribution in [0.15, 0.2) is 54.9 Å². The van der Waals surface area contributed by atoms with Crippen molar-refractivity contribution >= 4 is 11.0 Å². The quantitative estimate of drug-likeness (QED) is 0.657. The second-order valence-corrected chi connectivity index (χ2v) is 3.47. The van der Waals surface area contributed by atoms with Crippen LogP contribution in [0.5, 0.6) is 0 Å². The Kier molecular flexibility index (Phi) is 3.55. The first kappa shape index (κ1) is 11.4. The van der Waals surface area contributed by atoms with Crippen molar-refractivity contribution < 1.29 is 0 Å². The molecule has 0 bridgehead atoms. The minimum atomic E-state index is 0.941. The molecule has 0 fully saturated rings. The molecule has 2 nitrogen and oxygen atoms in total. The fourth-order valence-electron chi connectivity index (χ4n) is 1.81. The molecule has 2 aromatic heterocycles. The zero-order valence-corrected chi connectivity index (χ0v) is 10.1. The van der Waals surface area contributed by atoms with Crippen molar-refractivity contribution in [2.75, 3.05) is 0 Å². The number of pyridine rings is 1. The second kappa shape index (κ2) is 5.30. The average Bonchev–Trinajstić information content (AvgIpc) is 2.86. The zero-order valence-electron chi connectivity index (χ0n) is 10.1. The number of aromatic amines is 1. The lowest BCUT2D eigenvalue weighted by Crippen LogP contribution is -1.75. The smallest absolute Gasteiger partial charge is 0.137 e. The van der Waals surface area contributed by atoms with Gasteiger partial charge in [-0.2, -0.15) is 0 Å². The summed E-state index contributed by atoms with van der Waals surface area (Å²) >= 11 is 0. The molecule has 0 saturated heterocycles. The SMILES string of the molecule is CC.c1ccc(-c2c[nH]c3ncccc23)cc1. The molecule has 1 N–H and O–H groups in total. The van der Waals surface area contributed by atoms with E-state index in [2.05, 4.69) is 28.2 Å². The Morgan fingerprint density at radius 2 is 1.71 bits per heavy atom. The molecule has 86 valence electrons. The number of fused-ring (bicyclic) bond motifs is 1. The summed E-state index contributed by atoms with van der Waals surface area (Å²) in [5, 5.41) is 1.17. The minimum absolute atomic E-state index is 0.941. The third kappa shape index (κ3) is 2.21. The van der Waals surface area contributed by atoms with Crippen molar-refractivity contribution in [2.45, 2.75) is 13.8 Å². The third-order valence-electron chi connectivity index (χ3n) is 2.54. The Balaban J connectivity index is 0.000000514. The van der Waals surface area contributed by atoms with E-state index >= 15 is 0 Å². The van der Waals surface area contributed by atoms with Crippen molar-refractivity contribution in [3.63, 3.8) is 0 Å². The van der Waals surface area contributed by atoms with Gasteiger partial charge in [-0.15, -0.1) is 0 Å². The van der Waals surface area contributed by atoms with E-state index in [9.17, 15) is 0 Å². The Bertz CT molecular complexity index is 582. The summed E-state index contributed by atoms with van der Waals surface area (Å²) in [4.78, 5) is 7.45. The lowest BCUT2D eigenvalue weighted by atomic mass is 10.1. The van der Waals surface area contributed by atoms with Crippen LogP contribution in [-0.2, 0) is 0 Å². The number of nitrogens with zero attached hydrogens (tertiary/aromatic N) is 1. The van der Waals surface area contributed by atoms with Crippen LogP contribution in [0.25, 0.3) is 22.2 Å². The number of H-pyrrole nitrogens is 1. The first-order valence-corrected chi connectivity index (χ1v) is 5.93. The van der Waals surface area contributed by atoms with Crippen LogP contribution < -0.4 is 0 Å². The molecule has 0 unspecified atom stereocenters. The molecule has 2 heterocycles. The lowest BCUT2D eigenvalue weighted by molar-refractivity contribution is 1.33. The molecule has 0 aliphatic carbocycles. The Hall–Kier alpha value is -2.09. The van der Waals surface area contributed by atoms with Crippen molar-refractivity contribution in [1.29, 1.82) is 0 Å². The lowest BCUT2D eigenvalue weighted by Gasteiger charge is -1.97. The van der Waals surface area contributed by atoms with Crippen molar-refractivity contribution in [2.24, 2.45) is 0 Å². The fraction of sp³-hybridized carbons (Fsp3) is 0.133. The predicted molar refractivity (Wildman–Crippen MR) is 72.9 cm³/mol. The van der Waals surface area contributed by atoms with Gasteiger partial charge in [0.1, 0.15) is 5.65 Å². The van der Waals surface area contributed by atoms with Gasteiger partial charge in [0.2, 0.25) is 0 Å². The van der Waals surface area contributed by atoms with Gasteiger partial charge in [-0.3, -0.25) is 0 Å². The maximum absolute atomic E-state index is 4.27. The summed E-state index contributed by atoms with van der Waals surface area (Å²) in [7, 11) is 0. The molecule has 0 aliphatic rings. The highest BCUT2D eigenvalue weighted by Crippen LogP contribution is 2.26. The monoisotopic (exact) mass is 224 g/mol. The number of benzene rings is 1. The summed E-state index contributed by atoms with van der Waals surface area (Å²) in [6.45, 7) is 4.00. The molecule has 0 radical (unpaired) electrons. The molecule has 3 rings (SSSR count). The normalized spacial score (nSPS) is 9.76. The third-order valence-corrected chi connectivity index (χ3v) is 2.54. The van der Waals surface area contributed by atoms with Gasteiger partial charge >= 0.3 is 0 Å². The molecule has 1 aromatic carbocycles. The Morgan fingerprint density at radius 3 is 2.47 bits per heavy atom. The van der Waals surface area contributed by atoms with Crippen LogP contribution in [0.2, 0.25) is 0 Å². The van der Waals surface area contributed by atoms with Crippen molar-refractivity contribution in [3.8, 4) is 11.1 Å². The van der Waals surface area contributed by atoms with Crippen molar-refractivity contribution in [3.05, 3.63) is 54.9 Å². The molecule has 0 saturated carbocycles. The summed E-state index contributed by atoms with van der Waals surface area (Å²) < 4.78 is 0. The van der Waals surface area contributed by atoms with E-state index in [1.165, 1.54) is 16.5 Å². The molecule has 17 heavy (non-hydrogen) atoms. The van der Waals surface area contributed by atoms with Gasteiger partial charge < -0.3 is 4.98 Å². The van der Waals surface area contributed by atoms with E-state index in [0.29, 0.717) is 0 Å². The average molecular weight is 224 g/mol. The second-order valence-electron chi connectivity index (χ2n) is 3.47. The van der Waals surface area contributed by atoms with E-state index in [-0.39, 0.29) is 0 Å².